The molecule has 1 aliphatic rings. The van der Waals surface area contributed by atoms with Crippen molar-refractivity contribution >= 4 is 21.6 Å². The molecule has 1 aromatic carbocycles. The third kappa shape index (κ3) is 2.83. The van der Waals surface area contributed by atoms with Gasteiger partial charge >= 0.3 is 0 Å². The van der Waals surface area contributed by atoms with Crippen LogP contribution in [0.5, 0.6) is 0 Å². The Morgan fingerprint density at radius 1 is 1.50 bits per heavy atom. The molecule has 1 saturated heterocycles. The van der Waals surface area contributed by atoms with Crippen LogP contribution in [0.15, 0.2) is 23.1 Å². The van der Waals surface area contributed by atoms with E-state index in [1.165, 1.54) is 22.5 Å². The summed E-state index contributed by atoms with van der Waals surface area (Å²) in [6, 6.07) is 3.71. The first-order valence-electron chi connectivity index (χ1n) is 6.54. The summed E-state index contributed by atoms with van der Waals surface area (Å²) in [5.41, 5.74) is 5.67. The van der Waals surface area contributed by atoms with Crippen LogP contribution in [-0.2, 0) is 10.0 Å². The minimum atomic E-state index is -3.91. The lowest BCUT2D eigenvalue weighted by atomic mass is 9.94. The summed E-state index contributed by atoms with van der Waals surface area (Å²) < 4.78 is 40.5. The predicted octanol–water partition coefficient (Wildman–Crippen LogP) is 2.23. The zero-order valence-corrected chi connectivity index (χ0v) is 12.8. The van der Waals surface area contributed by atoms with E-state index in [1.807, 2.05) is 0 Å². The fourth-order valence-corrected chi connectivity index (χ4v) is 4.55. The first kappa shape index (κ1) is 15.7. The highest BCUT2D eigenvalue weighted by molar-refractivity contribution is 7.89. The quantitative estimate of drug-likeness (QED) is 0.929. The van der Waals surface area contributed by atoms with E-state index in [9.17, 15) is 12.8 Å². The molecule has 1 heterocycles. The van der Waals surface area contributed by atoms with Crippen LogP contribution in [0, 0.1) is 11.7 Å². The van der Waals surface area contributed by atoms with Gasteiger partial charge in [-0.1, -0.05) is 24.6 Å². The topological polar surface area (TPSA) is 63.4 Å². The molecule has 0 bridgehead atoms. The second kappa shape index (κ2) is 5.97. The van der Waals surface area contributed by atoms with Crippen LogP contribution in [0.3, 0.4) is 0 Å². The van der Waals surface area contributed by atoms with Crippen LogP contribution in [-0.4, -0.2) is 31.9 Å². The Kier molecular flexibility index (Phi) is 4.69. The Morgan fingerprint density at radius 2 is 2.20 bits per heavy atom. The van der Waals surface area contributed by atoms with E-state index in [-0.39, 0.29) is 22.5 Å². The number of nitrogens with two attached hydrogens (primary N) is 1. The molecular weight excluding hydrogens is 303 g/mol. The van der Waals surface area contributed by atoms with Crippen molar-refractivity contribution in [1.29, 1.82) is 0 Å². The molecule has 112 valence electrons. The highest BCUT2D eigenvalue weighted by atomic mass is 35.5. The van der Waals surface area contributed by atoms with E-state index in [1.54, 1.807) is 0 Å². The van der Waals surface area contributed by atoms with E-state index >= 15 is 0 Å². The minimum absolute atomic E-state index is 0.194. The van der Waals surface area contributed by atoms with Gasteiger partial charge in [0, 0.05) is 19.1 Å². The van der Waals surface area contributed by atoms with Crippen LogP contribution in [0.2, 0.25) is 5.02 Å². The van der Waals surface area contributed by atoms with Crippen LogP contribution in [0.4, 0.5) is 4.39 Å². The maximum atomic E-state index is 14.0. The van der Waals surface area contributed by atoms with Crippen molar-refractivity contribution in [3.8, 4) is 0 Å². The van der Waals surface area contributed by atoms with Crippen LogP contribution < -0.4 is 5.73 Å². The van der Waals surface area contributed by atoms with Gasteiger partial charge in [0.2, 0.25) is 10.0 Å². The zero-order chi connectivity index (χ0) is 14.9. The van der Waals surface area contributed by atoms with Gasteiger partial charge < -0.3 is 5.73 Å². The van der Waals surface area contributed by atoms with Gasteiger partial charge in [0.25, 0.3) is 0 Å². The second-order valence-corrected chi connectivity index (χ2v) is 7.45. The van der Waals surface area contributed by atoms with Crippen LogP contribution in [0.25, 0.3) is 0 Å². The highest BCUT2D eigenvalue weighted by Crippen LogP contribution is 2.30. The summed E-state index contributed by atoms with van der Waals surface area (Å²) in [6.45, 7) is 2.65. The first-order chi connectivity index (χ1) is 9.37. The van der Waals surface area contributed by atoms with Crippen molar-refractivity contribution in [2.75, 3.05) is 13.1 Å². The fourth-order valence-electron chi connectivity index (χ4n) is 2.57. The summed E-state index contributed by atoms with van der Waals surface area (Å²) in [6.07, 6.45) is 1.44. The summed E-state index contributed by atoms with van der Waals surface area (Å²) in [4.78, 5) is -0.377. The molecule has 1 aliphatic heterocycles. The van der Waals surface area contributed by atoms with Crippen molar-refractivity contribution in [2.24, 2.45) is 11.7 Å². The van der Waals surface area contributed by atoms with E-state index in [0.717, 1.165) is 6.42 Å². The smallest absolute Gasteiger partial charge is 0.246 e. The number of hydrogen-bond acceptors (Lipinski definition) is 3. The van der Waals surface area contributed by atoms with Gasteiger partial charge in [-0.15, -0.1) is 0 Å². The summed E-state index contributed by atoms with van der Waals surface area (Å²) in [7, 11) is -3.91. The maximum absolute atomic E-state index is 14.0. The second-order valence-electron chi connectivity index (χ2n) is 5.19. The molecule has 7 heteroatoms. The minimum Gasteiger partial charge on any atom is -0.329 e. The van der Waals surface area contributed by atoms with E-state index in [4.69, 9.17) is 17.3 Å². The fraction of sp³-hybridized carbons (Fsp3) is 0.538. The molecule has 0 aromatic heterocycles. The van der Waals surface area contributed by atoms with Crippen LogP contribution in [0.1, 0.15) is 19.8 Å². The monoisotopic (exact) mass is 320 g/mol. The molecule has 4 nitrogen and oxygen atoms in total. The number of benzene rings is 1. The Labute approximate surface area is 123 Å². The van der Waals surface area contributed by atoms with Crippen molar-refractivity contribution in [3.63, 3.8) is 0 Å². The average Bonchev–Trinajstić information content (AvgIpc) is 2.41. The van der Waals surface area contributed by atoms with Gasteiger partial charge in [-0.25, -0.2) is 12.8 Å². The Bertz CT molecular complexity index is 594. The molecular formula is C13H18ClFN2O2S. The molecule has 2 atom stereocenters. The van der Waals surface area contributed by atoms with Gasteiger partial charge in [-0.05, 0) is 30.9 Å². The van der Waals surface area contributed by atoms with Gasteiger partial charge in [-0.2, -0.15) is 4.31 Å². The lowest BCUT2D eigenvalue weighted by Gasteiger charge is -2.36. The predicted molar refractivity (Wildman–Crippen MR) is 76.5 cm³/mol. The molecule has 2 rings (SSSR count). The molecule has 2 unspecified atom stereocenters. The van der Waals surface area contributed by atoms with Crippen molar-refractivity contribution < 1.29 is 12.8 Å². The van der Waals surface area contributed by atoms with Gasteiger partial charge in [0.05, 0.1) is 5.02 Å². The Hall–Kier alpha value is -0.690. The number of piperidine rings is 1. The van der Waals surface area contributed by atoms with Crippen molar-refractivity contribution in [3.05, 3.63) is 29.0 Å². The Morgan fingerprint density at radius 3 is 2.85 bits per heavy atom. The van der Waals surface area contributed by atoms with Crippen molar-refractivity contribution in [2.45, 2.75) is 30.7 Å². The number of sulfonamides is 1. The third-order valence-electron chi connectivity index (χ3n) is 3.70. The van der Waals surface area contributed by atoms with Crippen molar-refractivity contribution in [1.82, 2.24) is 4.31 Å². The molecule has 0 spiro atoms. The lowest BCUT2D eigenvalue weighted by Crippen LogP contribution is -2.49. The van der Waals surface area contributed by atoms with E-state index in [2.05, 4.69) is 6.92 Å². The lowest BCUT2D eigenvalue weighted by molar-refractivity contribution is 0.210. The van der Waals surface area contributed by atoms with Gasteiger partial charge in [0.1, 0.15) is 4.90 Å². The molecule has 1 aromatic rings. The summed E-state index contributed by atoms with van der Waals surface area (Å²) >= 11 is 5.67. The van der Waals surface area contributed by atoms with E-state index < -0.39 is 15.8 Å². The number of rotatable bonds is 3. The Balaban J connectivity index is 2.41. The molecule has 2 N–H and O–H groups in total. The normalized spacial score (nSPS) is 24.8. The largest absolute Gasteiger partial charge is 0.329 e. The number of halogens is 2. The van der Waals surface area contributed by atoms with Gasteiger partial charge in [0.15, 0.2) is 5.82 Å². The SMILES string of the molecule is CC1CCN(S(=O)(=O)c2cccc(Cl)c2F)C(CN)C1. The molecule has 20 heavy (non-hydrogen) atoms. The summed E-state index contributed by atoms with van der Waals surface area (Å²) in [5.74, 6) is -0.484. The number of hydrogen-bond donors (Lipinski definition) is 1. The maximum Gasteiger partial charge on any atom is 0.246 e. The standard InChI is InChI=1S/C13H18ClFN2O2S/c1-9-5-6-17(10(7-9)8-16)20(18,19)12-4-2-3-11(14)13(12)15/h2-4,9-10H,5-8,16H2,1H3. The zero-order valence-electron chi connectivity index (χ0n) is 11.2. The number of nitrogens with zero attached hydrogens (tertiary/aromatic N) is 1. The first-order valence-corrected chi connectivity index (χ1v) is 8.35. The van der Waals surface area contributed by atoms with Crippen LogP contribution >= 0.6 is 11.6 Å². The molecule has 0 saturated carbocycles. The third-order valence-corrected chi connectivity index (χ3v) is 5.96. The average molecular weight is 321 g/mol. The molecule has 0 aliphatic carbocycles. The summed E-state index contributed by atoms with van der Waals surface area (Å²) in [5, 5.41) is -0.194. The molecule has 0 radical (unpaired) electrons. The highest BCUT2D eigenvalue weighted by Gasteiger charge is 2.36. The molecule has 1 fully saturated rings. The van der Waals surface area contributed by atoms with Gasteiger partial charge in [-0.3, -0.25) is 0 Å². The molecule has 0 amide bonds. The van der Waals surface area contributed by atoms with E-state index in [0.29, 0.717) is 18.9 Å².